The van der Waals surface area contributed by atoms with Crippen molar-refractivity contribution in [1.82, 2.24) is 9.78 Å². The third-order valence-electron chi connectivity index (χ3n) is 3.79. The van der Waals surface area contributed by atoms with E-state index in [0.717, 1.165) is 19.3 Å². The molecule has 22 heavy (non-hydrogen) atoms. The number of benzene rings is 1. The van der Waals surface area contributed by atoms with Gasteiger partial charge in [0.15, 0.2) is 5.82 Å². The molecule has 0 spiro atoms. The van der Waals surface area contributed by atoms with Gasteiger partial charge in [0, 0.05) is 17.8 Å². The molecule has 1 aliphatic rings. The van der Waals surface area contributed by atoms with Gasteiger partial charge in [-0.15, -0.1) is 0 Å². The Labute approximate surface area is 127 Å². The number of hydrogen-bond acceptors (Lipinski definition) is 3. The van der Waals surface area contributed by atoms with Gasteiger partial charge in [0.2, 0.25) is 0 Å². The van der Waals surface area contributed by atoms with Crippen molar-refractivity contribution >= 4 is 17.7 Å². The van der Waals surface area contributed by atoms with Crippen LogP contribution in [0.1, 0.15) is 34.3 Å². The fourth-order valence-electron chi connectivity index (χ4n) is 2.72. The number of nitrogens with zero attached hydrogens (tertiary/aromatic N) is 2. The van der Waals surface area contributed by atoms with Gasteiger partial charge in [-0.2, -0.15) is 5.10 Å². The summed E-state index contributed by atoms with van der Waals surface area (Å²) < 4.78 is 1.27. The zero-order chi connectivity index (χ0) is 15.5. The second-order valence-corrected chi connectivity index (χ2v) is 5.44. The highest BCUT2D eigenvalue weighted by atomic mass is 16.4. The van der Waals surface area contributed by atoms with Gasteiger partial charge < -0.3 is 10.4 Å². The number of aliphatic carboxylic acids is 1. The zero-order valence-electron chi connectivity index (χ0n) is 12.1. The van der Waals surface area contributed by atoms with Crippen LogP contribution in [0.3, 0.4) is 0 Å². The molecule has 1 heterocycles. The van der Waals surface area contributed by atoms with Crippen LogP contribution in [0.25, 0.3) is 0 Å². The highest BCUT2D eigenvalue weighted by Gasteiger charge is 2.14. The lowest BCUT2D eigenvalue weighted by atomic mass is 9.90. The van der Waals surface area contributed by atoms with Crippen LogP contribution in [0.15, 0.2) is 30.5 Å². The predicted octanol–water partition coefficient (Wildman–Crippen LogP) is 2.10. The molecule has 1 aliphatic carbocycles. The molecule has 0 fully saturated rings. The lowest BCUT2D eigenvalue weighted by molar-refractivity contribution is -0.137. The van der Waals surface area contributed by atoms with Gasteiger partial charge in [0.05, 0.1) is 0 Å². The van der Waals surface area contributed by atoms with E-state index >= 15 is 0 Å². The summed E-state index contributed by atoms with van der Waals surface area (Å²) in [5.74, 6) is -0.853. The van der Waals surface area contributed by atoms with Crippen LogP contribution < -0.4 is 5.32 Å². The number of hydrogen-bond donors (Lipinski definition) is 2. The fourth-order valence-corrected chi connectivity index (χ4v) is 2.72. The summed E-state index contributed by atoms with van der Waals surface area (Å²) in [7, 11) is 0. The molecule has 114 valence electrons. The SMILES string of the molecule is O=C(O)Cn1ccc(NC(=O)c2ccc3c(c2)CCCC3)n1. The maximum atomic E-state index is 12.3. The number of carbonyl (C=O) groups is 2. The Morgan fingerprint density at radius 3 is 2.73 bits per heavy atom. The molecule has 1 aromatic carbocycles. The lowest BCUT2D eigenvalue weighted by Gasteiger charge is -2.16. The standard InChI is InChI=1S/C16H17N3O3/c20-15(21)10-19-8-7-14(18-19)17-16(22)13-6-5-11-3-1-2-4-12(11)9-13/h5-9H,1-4,10H2,(H,20,21)(H,17,18,22). The summed E-state index contributed by atoms with van der Waals surface area (Å²) in [5, 5.41) is 15.4. The number of aryl methyl sites for hydroxylation is 2. The first-order valence-electron chi connectivity index (χ1n) is 7.30. The van der Waals surface area contributed by atoms with Crippen molar-refractivity contribution in [3.8, 4) is 0 Å². The van der Waals surface area contributed by atoms with E-state index in [2.05, 4.69) is 10.4 Å². The fraction of sp³-hybridized carbons (Fsp3) is 0.312. The third-order valence-corrected chi connectivity index (χ3v) is 3.79. The zero-order valence-corrected chi connectivity index (χ0v) is 12.1. The average molecular weight is 299 g/mol. The third kappa shape index (κ3) is 3.16. The highest BCUT2D eigenvalue weighted by Crippen LogP contribution is 2.22. The predicted molar refractivity (Wildman–Crippen MR) is 80.9 cm³/mol. The molecule has 2 aromatic rings. The van der Waals surface area contributed by atoms with Crippen LogP contribution in [0.4, 0.5) is 5.82 Å². The molecule has 3 rings (SSSR count). The molecule has 0 atom stereocenters. The quantitative estimate of drug-likeness (QED) is 0.905. The van der Waals surface area contributed by atoms with Crippen molar-refractivity contribution in [2.45, 2.75) is 32.2 Å². The average Bonchev–Trinajstić information content (AvgIpc) is 2.93. The van der Waals surface area contributed by atoms with Crippen molar-refractivity contribution in [2.75, 3.05) is 5.32 Å². The first-order valence-corrected chi connectivity index (χ1v) is 7.30. The number of carboxylic acids is 1. The Morgan fingerprint density at radius 1 is 1.18 bits per heavy atom. The van der Waals surface area contributed by atoms with E-state index in [9.17, 15) is 9.59 Å². The molecule has 0 unspecified atom stereocenters. The molecule has 0 radical (unpaired) electrons. The Morgan fingerprint density at radius 2 is 1.95 bits per heavy atom. The molecule has 1 amide bonds. The van der Waals surface area contributed by atoms with Crippen LogP contribution in [0.5, 0.6) is 0 Å². The normalized spacial score (nSPS) is 13.5. The van der Waals surface area contributed by atoms with Crippen molar-refractivity contribution in [3.63, 3.8) is 0 Å². The van der Waals surface area contributed by atoms with E-state index < -0.39 is 5.97 Å². The Balaban J connectivity index is 1.71. The van der Waals surface area contributed by atoms with Crippen molar-refractivity contribution < 1.29 is 14.7 Å². The minimum atomic E-state index is -0.976. The van der Waals surface area contributed by atoms with Gasteiger partial charge in [-0.1, -0.05) is 6.07 Å². The van der Waals surface area contributed by atoms with Crippen molar-refractivity contribution in [2.24, 2.45) is 0 Å². The van der Waals surface area contributed by atoms with E-state index in [4.69, 9.17) is 5.11 Å². The van der Waals surface area contributed by atoms with Gasteiger partial charge in [-0.25, -0.2) is 0 Å². The summed E-state index contributed by atoms with van der Waals surface area (Å²) in [6, 6.07) is 7.37. The molecule has 0 saturated carbocycles. The first kappa shape index (κ1) is 14.3. The Bertz CT molecular complexity index is 721. The molecule has 2 N–H and O–H groups in total. The number of fused-ring (bicyclic) bond motifs is 1. The van der Waals surface area contributed by atoms with Gasteiger partial charge >= 0.3 is 5.97 Å². The molecule has 1 aromatic heterocycles. The summed E-state index contributed by atoms with van der Waals surface area (Å²) in [4.78, 5) is 22.9. The number of amides is 1. The van der Waals surface area contributed by atoms with Crippen molar-refractivity contribution in [1.29, 1.82) is 0 Å². The van der Waals surface area contributed by atoms with E-state index in [1.165, 1.54) is 28.4 Å². The maximum absolute atomic E-state index is 12.3. The smallest absolute Gasteiger partial charge is 0.325 e. The molecular weight excluding hydrogens is 282 g/mol. The molecule has 0 saturated heterocycles. The second kappa shape index (κ2) is 6.01. The monoisotopic (exact) mass is 299 g/mol. The molecule has 0 aliphatic heterocycles. The second-order valence-electron chi connectivity index (χ2n) is 5.44. The van der Waals surface area contributed by atoms with Gasteiger partial charge in [-0.05, 0) is 48.9 Å². The lowest BCUT2D eigenvalue weighted by Crippen LogP contribution is -2.15. The summed E-state index contributed by atoms with van der Waals surface area (Å²) >= 11 is 0. The number of nitrogens with one attached hydrogen (secondary N) is 1. The van der Waals surface area contributed by atoms with Gasteiger partial charge in [0.25, 0.3) is 5.91 Å². The largest absolute Gasteiger partial charge is 0.480 e. The van der Waals surface area contributed by atoms with Crippen LogP contribution in [-0.2, 0) is 24.2 Å². The number of rotatable bonds is 4. The van der Waals surface area contributed by atoms with Crippen LogP contribution in [-0.4, -0.2) is 26.8 Å². The summed E-state index contributed by atoms with van der Waals surface area (Å²) in [6.07, 6.45) is 5.99. The Hall–Kier alpha value is -2.63. The van der Waals surface area contributed by atoms with E-state index in [-0.39, 0.29) is 12.5 Å². The number of carboxylic acid groups (broad SMARTS) is 1. The number of anilines is 1. The van der Waals surface area contributed by atoms with E-state index in [0.29, 0.717) is 11.4 Å². The Kier molecular flexibility index (Phi) is 3.91. The van der Waals surface area contributed by atoms with Crippen molar-refractivity contribution in [3.05, 3.63) is 47.2 Å². The maximum Gasteiger partial charge on any atom is 0.325 e. The van der Waals surface area contributed by atoms with E-state index in [1.807, 2.05) is 18.2 Å². The van der Waals surface area contributed by atoms with E-state index in [1.54, 1.807) is 6.07 Å². The topological polar surface area (TPSA) is 84.2 Å². The molecule has 6 nitrogen and oxygen atoms in total. The summed E-state index contributed by atoms with van der Waals surface area (Å²) in [6.45, 7) is -0.227. The van der Waals surface area contributed by atoms with Crippen LogP contribution in [0.2, 0.25) is 0 Å². The minimum Gasteiger partial charge on any atom is -0.480 e. The van der Waals surface area contributed by atoms with Crippen LogP contribution in [0, 0.1) is 0 Å². The minimum absolute atomic E-state index is 0.227. The molecule has 0 bridgehead atoms. The summed E-state index contributed by atoms with van der Waals surface area (Å²) in [5.41, 5.74) is 3.18. The van der Waals surface area contributed by atoms with Gasteiger partial charge in [0.1, 0.15) is 6.54 Å². The molecule has 6 heteroatoms. The number of aromatic nitrogens is 2. The number of carbonyl (C=O) groups excluding carboxylic acids is 1. The first-order chi connectivity index (χ1) is 10.6. The molecular formula is C16H17N3O3. The van der Waals surface area contributed by atoms with Gasteiger partial charge in [-0.3, -0.25) is 14.3 Å². The van der Waals surface area contributed by atoms with Crippen LogP contribution >= 0.6 is 0 Å². The highest BCUT2D eigenvalue weighted by molar-refractivity contribution is 6.03.